The van der Waals surface area contributed by atoms with Crippen molar-refractivity contribution in [1.82, 2.24) is 9.88 Å². The topological polar surface area (TPSA) is 46.5 Å². The van der Waals surface area contributed by atoms with Crippen molar-refractivity contribution in [2.45, 2.75) is 34.6 Å². The number of hydrogen-bond donors (Lipinski definition) is 1. The van der Waals surface area contributed by atoms with Crippen molar-refractivity contribution in [2.24, 2.45) is 0 Å². The zero-order valence-corrected chi connectivity index (χ0v) is 21.7. The van der Waals surface area contributed by atoms with E-state index in [1.165, 1.54) is 16.0 Å². The van der Waals surface area contributed by atoms with Crippen LogP contribution in [0.1, 0.15) is 35.0 Å². The maximum atomic E-state index is 13.2. The van der Waals surface area contributed by atoms with E-state index in [9.17, 15) is 4.79 Å². The second-order valence-electron chi connectivity index (χ2n) is 8.11. The fourth-order valence-corrected chi connectivity index (χ4v) is 4.69. The van der Waals surface area contributed by atoms with Crippen molar-refractivity contribution in [3.63, 3.8) is 0 Å². The number of hydrogen-bond acceptors (Lipinski definition) is 3. The van der Waals surface area contributed by atoms with Gasteiger partial charge in [0.15, 0.2) is 5.11 Å². The van der Waals surface area contributed by atoms with Gasteiger partial charge >= 0.3 is 0 Å². The molecule has 1 saturated heterocycles. The fraction of sp³-hybridized carbons (Fsp3) is 0.231. The van der Waals surface area contributed by atoms with E-state index in [1.54, 1.807) is 0 Å². The SMILES string of the molecule is CCOc1ccc(N2C(=O)/C(=C/c3cc(C)n(-c4cc(C)c(Br)c(C)c4)c3C)NC2=S)cc1. The Hall–Kier alpha value is -2.90. The molecule has 7 heteroatoms. The lowest BCUT2D eigenvalue weighted by atomic mass is 10.1. The van der Waals surface area contributed by atoms with Crippen LogP contribution in [-0.4, -0.2) is 22.2 Å². The number of rotatable bonds is 5. The molecule has 0 radical (unpaired) electrons. The number of aromatic nitrogens is 1. The van der Waals surface area contributed by atoms with Crippen molar-refractivity contribution >= 4 is 50.9 Å². The van der Waals surface area contributed by atoms with E-state index < -0.39 is 0 Å². The van der Waals surface area contributed by atoms with Crippen molar-refractivity contribution in [1.29, 1.82) is 0 Å². The first-order valence-corrected chi connectivity index (χ1v) is 12.0. The molecule has 1 amide bonds. The second-order valence-corrected chi connectivity index (χ2v) is 9.29. The summed E-state index contributed by atoms with van der Waals surface area (Å²) >= 11 is 9.12. The number of amides is 1. The Kier molecular flexibility index (Phi) is 6.45. The zero-order valence-electron chi connectivity index (χ0n) is 19.3. The van der Waals surface area contributed by atoms with Crippen molar-refractivity contribution < 1.29 is 9.53 Å². The molecule has 2 heterocycles. The van der Waals surface area contributed by atoms with Gasteiger partial charge in [-0.3, -0.25) is 9.69 Å². The third-order valence-electron chi connectivity index (χ3n) is 5.73. The number of halogens is 1. The van der Waals surface area contributed by atoms with Gasteiger partial charge in [-0.05, 0) is 112 Å². The van der Waals surface area contributed by atoms with Crippen LogP contribution in [0, 0.1) is 27.7 Å². The number of carbonyl (C=O) groups is 1. The highest BCUT2D eigenvalue weighted by Crippen LogP contribution is 2.30. The minimum absolute atomic E-state index is 0.177. The second kappa shape index (κ2) is 9.15. The Bertz CT molecular complexity index is 1270. The average Bonchev–Trinajstić information content (AvgIpc) is 3.21. The van der Waals surface area contributed by atoms with Gasteiger partial charge < -0.3 is 14.6 Å². The minimum atomic E-state index is -0.177. The van der Waals surface area contributed by atoms with Crippen molar-refractivity contribution in [3.05, 3.63) is 80.7 Å². The number of ether oxygens (including phenoxy) is 1. The predicted molar refractivity (Wildman–Crippen MR) is 141 cm³/mol. The van der Waals surface area contributed by atoms with Crippen LogP contribution < -0.4 is 15.0 Å². The maximum absolute atomic E-state index is 13.2. The lowest BCUT2D eigenvalue weighted by molar-refractivity contribution is -0.113. The van der Waals surface area contributed by atoms with E-state index in [1.807, 2.05) is 37.3 Å². The molecular weight excluding hydrogens is 498 g/mol. The third kappa shape index (κ3) is 4.35. The Morgan fingerprint density at radius 3 is 2.27 bits per heavy atom. The van der Waals surface area contributed by atoms with E-state index in [0.29, 0.717) is 23.1 Å². The molecule has 1 aliphatic rings. The molecule has 1 N–H and O–H groups in total. The summed E-state index contributed by atoms with van der Waals surface area (Å²) in [5.74, 6) is 0.581. The van der Waals surface area contributed by atoms with Crippen LogP contribution in [0.15, 0.2) is 52.6 Å². The van der Waals surface area contributed by atoms with E-state index in [2.05, 4.69) is 71.7 Å². The van der Waals surface area contributed by atoms with Gasteiger partial charge in [0, 0.05) is 21.5 Å². The van der Waals surface area contributed by atoms with Gasteiger partial charge in [-0.25, -0.2) is 0 Å². The molecule has 0 spiro atoms. The molecule has 1 aromatic heterocycles. The molecule has 0 bridgehead atoms. The van der Waals surface area contributed by atoms with Gasteiger partial charge in [0.05, 0.1) is 12.3 Å². The smallest absolute Gasteiger partial charge is 0.281 e. The molecule has 4 rings (SSSR count). The van der Waals surface area contributed by atoms with E-state index in [0.717, 1.165) is 32.9 Å². The quantitative estimate of drug-likeness (QED) is 0.322. The number of benzene rings is 2. The number of aryl methyl sites for hydroxylation is 3. The first kappa shape index (κ1) is 23.3. The summed E-state index contributed by atoms with van der Waals surface area (Å²) in [5, 5.41) is 3.45. The van der Waals surface area contributed by atoms with Gasteiger partial charge in [-0.1, -0.05) is 15.9 Å². The van der Waals surface area contributed by atoms with Crippen LogP contribution in [0.5, 0.6) is 5.75 Å². The van der Waals surface area contributed by atoms with Crippen molar-refractivity contribution in [3.8, 4) is 11.4 Å². The number of nitrogens with zero attached hydrogens (tertiary/aromatic N) is 2. The molecule has 0 aliphatic carbocycles. The summed E-state index contributed by atoms with van der Waals surface area (Å²) in [5.41, 5.74) is 7.75. The van der Waals surface area contributed by atoms with Gasteiger partial charge in [0.2, 0.25) is 0 Å². The highest BCUT2D eigenvalue weighted by molar-refractivity contribution is 9.10. The standard InChI is InChI=1S/C26H26BrN3O2S/c1-6-32-22-9-7-20(8-10-22)30-25(31)23(28-26(30)33)14-19-13-17(4)29(18(19)5)21-11-15(2)24(27)16(3)12-21/h7-14H,6H2,1-5H3,(H,28,33)/b23-14-. The van der Waals surface area contributed by atoms with Crippen LogP contribution >= 0.6 is 28.1 Å². The maximum Gasteiger partial charge on any atom is 0.281 e. The largest absolute Gasteiger partial charge is 0.494 e. The molecule has 1 aliphatic heterocycles. The molecule has 2 aromatic carbocycles. The van der Waals surface area contributed by atoms with E-state index in [-0.39, 0.29) is 5.91 Å². The number of nitrogens with one attached hydrogen (secondary N) is 1. The fourth-order valence-electron chi connectivity index (χ4n) is 4.17. The number of anilines is 1. The summed E-state index contributed by atoms with van der Waals surface area (Å²) in [6.45, 7) is 10.8. The predicted octanol–water partition coefficient (Wildman–Crippen LogP) is 6.13. The highest BCUT2D eigenvalue weighted by Gasteiger charge is 2.32. The zero-order chi connectivity index (χ0) is 23.9. The van der Waals surface area contributed by atoms with Crippen LogP contribution in [0.25, 0.3) is 11.8 Å². The molecule has 0 unspecified atom stereocenters. The third-order valence-corrected chi connectivity index (χ3v) is 7.27. The molecule has 5 nitrogen and oxygen atoms in total. The van der Waals surface area contributed by atoms with Crippen LogP contribution in [0.3, 0.4) is 0 Å². The number of carbonyl (C=O) groups excluding carboxylic acids is 1. The molecule has 170 valence electrons. The van der Waals surface area contributed by atoms with Gasteiger partial charge in [-0.15, -0.1) is 0 Å². The highest BCUT2D eigenvalue weighted by atomic mass is 79.9. The average molecular weight is 524 g/mol. The Morgan fingerprint density at radius 1 is 1.03 bits per heavy atom. The van der Waals surface area contributed by atoms with E-state index >= 15 is 0 Å². The molecule has 0 saturated carbocycles. The lowest BCUT2D eigenvalue weighted by Gasteiger charge is -2.14. The first-order chi connectivity index (χ1) is 15.7. The Balaban J connectivity index is 1.67. The monoisotopic (exact) mass is 523 g/mol. The van der Waals surface area contributed by atoms with Crippen molar-refractivity contribution in [2.75, 3.05) is 11.5 Å². The van der Waals surface area contributed by atoms with E-state index in [4.69, 9.17) is 17.0 Å². The normalized spacial score (nSPS) is 14.8. The number of thiocarbonyl (C=S) groups is 1. The van der Waals surface area contributed by atoms with Crippen LogP contribution in [-0.2, 0) is 4.79 Å². The summed E-state index contributed by atoms with van der Waals surface area (Å²) in [7, 11) is 0. The van der Waals surface area contributed by atoms with Crippen LogP contribution in [0.2, 0.25) is 0 Å². The van der Waals surface area contributed by atoms with Crippen LogP contribution in [0.4, 0.5) is 5.69 Å². The minimum Gasteiger partial charge on any atom is -0.494 e. The molecular formula is C26H26BrN3O2S. The Labute approximate surface area is 208 Å². The summed E-state index contributed by atoms with van der Waals surface area (Å²) in [4.78, 5) is 14.7. The summed E-state index contributed by atoms with van der Waals surface area (Å²) in [6.07, 6.45) is 1.88. The first-order valence-electron chi connectivity index (χ1n) is 10.8. The summed E-state index contributed by atoms with van der Waals surface area (Å²) < 4.78 is 8.83. The van der Waals surface area contributed by atoms with Gasteiger partial charge in [0.1, 0.15) is 11.4 Å². The van der Waals surface area contributed by atoms with Gasteiger partial charge in [-0.2, -0.15) is 0 Å². The van der Waals surface area contributed by atoms with Gasteiger partial charge in [0.25, 0.3) is 5.91 Å². The molecule has 3 aromatic rings. The molecule has 0 atom stereocenters. The Morgan fingerprint density at radius 2 is 1.67 bits per heavy atom. The lowest BCUT2D eigenvalue weighted by Crippen LogP contribution is -2.30. The summed E-state index contributed by atoms with van der Waals surface area (Å²) in [6, 6.07) is 13.8. The molecule has 1 fully saturated rings. The molecule has 33 heavy (non-hydrogen) atoms.